The van der Waals surface area contributed by atoms with Crippen molar-refractivity contribution in [2.75, 3.05) is 0 Å². The van der Waals surface area contributed by atoms with Gasteiger partial charge in [0.2, 0.25) is 5.91 Å². The molecule has 51 heavy (non-hydrogen) atoms. The molecule has 0 fully saturated rings. The normalized spacial score (nSPS) is 11.5. The van der Waals surface area contributed by atoms with Gasteiger partial charge in [0, 0.05) is 6.42 Å². The lowest BCUT2D eigenvalue weighted by molar-refractivity contribution is -0.118. The van der Waals surface area contributed by atoms with Crippen molar-refractivity contribution in [1.82, 2.24) is 0 Å². The van der Waals surface area contributed by atoms with Crippen LogP contribution in [0.15, 0.2) is 0 Å². The maximum absolute atomic E-state index is 10.7. The molecule has 0 aromatic rings. The summed E-state index contributed by atoms with van der Waals surface area (Å²) in [5.74, 6) is -0.146. The van der Waals surface area contributed by atoms with Gasteiger partial charge in [0.05, 0.1) is 0 Å². The quantitative estimate of drug-likeness (QED) is 0.0626. The summed E-state index contributed by atoms with van der Waals surface area (Å²) in [6, 6.07) is 0. The Morgan fingerprint density at radius 2 is 0.353 bits per heavy atom. The third-order valence-corrected chi connectivity index (χ3v) is 11.8. The maximum atomic E-state index is 10.7. The third-order valence-electron chi connectivity index (χ3n) is 11.8. The number of amides is 1. The Hall–Kier alpha value is -0.530. The van der Waals surface area contributed by atoms with E-state index in [1.165, 1.54) is 289 Å². The molecule has 306 valence electrons. The van der Waals surface area contributed by atoms with Gasteiger partial charge < -0.3 is 5.73 Å². The summed E-state index contributed by atoms with van der Waals surface area (Å²) in [7, 11) is 0. The average molecular weight is 718 g/mol. The van der Waals surface area contributed by atoms with E-state index < -0.39 is 0 Å². The Bertz CT molecular complexity index is 617. The first-order valence-electron chi connectivity index (χ1n) is 24.6. The molecule has 0 aliphatic rings. The highest BCUT2D eigenvalue weighted by Gasteiger charge is 1.99. The molecule has 0 aliphatic heterocycles. The van der Waals surface area contributed by atoms with E-state index in [0.717, 1.165) is 6.42 Å². The second kappa shape index (κ2) is 47.5. The van der Waals surface area contributed by atoms with Crippen LogP contribution in [0.4, 0.5) is 0 Å². The first-order chi connectivity index (χ1) is 25.3. The molecule has 2 heteroatoms. The van der Waals surface area contributed by atoms with Gasteiger partial charge in [0.15, 0.2) is 0 Å². The molecule has 0 aromatic heterocycles. The standard InChI is InChI=1S/C49H99NO/c1-2-3-4-5-6-7-8-9-10-11-12-13-14-15-16-17-18-19-20-21-22-23-24-25-26-27-28-29-30-31-32-33-34-35-36-37-38-39-40-41-42-43-44-45-46-47-48-49(50)51/h2-48H2,1H3,(H2,50,51). The summed E-state index contributed by atoms with van der Waals surface area (Å²) in [6.45, 7) is 2.31. The van der Waals surface area contributed by atoms with Gasteiger partial charge >= 0.3 is 0 Å². The minimum Gasteiger partial charge on any atom is -0.370 e. The highest BCUT2D eigenvalue weighted by molar-refractivity contribution is 5.73. The number of nitrogens with two attached hydrogens (primary N) is 1. The first kappa shape index (κ1) is 50.5. The third kappa shape index (κ3) is 49.5. The lowest BCUT2D eigenvalue weighted by Gasteiger charge is -2.05. The summed E-state index contributed by atoms with van der Waals surface area (Å²) in [5, 5.41) is 0. The minimum atomic E-state index is -0.146. The summed E-state index contributed by atoms with van der Waals surface area (Å²) in [4.78, 5) is 10.7. The fraction of sp³-hybridized carbons (Fsp3) is 0.980. The summed E-state index contributed by atoms with van der Waals surface area (Å²) < 4.78 is 0. The van der Waals surface area contributed by atoms with E-state index in [4.69, 9.17) is 5.73 Å². The second-order valence-corrected chi connectivity index (χ2v) is 17.1. The molecule has 0 atom stereocenters. The molecule has 0 aliphatic carbocycles. The molecule has 0 rings (SSSR count). The first-order valence-corrected chi connectivity index (χ1v) is 24.6. The summed E-state index contributed by atoms with van der Waals surface area (Å²) in [6.07, 6.45) is 67.1. The maximum Gasteiger partial charge on any atom is 0.217 e. The Morgan fingerprint density at radius 3 is 0.471 bits per heavy atom. The van der Waals surface area contributed by atoms with Gasteiger partial charge in [-0.1, -0.05) is 296 Å². The number of unbranched alkanes of at least 4 members (excludes halogenated alkanes) is 45. The molecular formula is C49H99NO. The fourth-order valence-electron chi connectivity index (χ4n) is 8.15. The molecular weight excluding hydrogens is 619 g/mol. The zero-order valence-corrected chi connectivity index (χ0v) is 35.7. The van der Waals surface area contributed by atoms with Crippen molar-refractivity contribution >= 4 is 5.91 Å². The number of carbonyl (C=O) groups is 1. The molecule has 0 bridgehead atoms. The summed E-state index contributed by atoms with van der Waals surface area (Å²) >= 11 is 0. The van der Waals surface area contributed by atoms with Crippen LogP contribution in [-0.2, 0) is 4.79 Å². The van der Waals surface area contributed by atoms with Crippen LogP contribution in [0.5, 0.6) is 0 Å². The number of primary amides is 1. The van der Waals surface area contributed by atoms with E-state index in [0.29, 0.717) is 6.42 Å². The van der Waals surface area contributed by atoms with E-state index in [-0.39, 0.29) is 5.91 Å². The van der Waals surface area contributed by atoms with Crippen LogP contribution in [0.2, 0.25) is 0 Å². The fourth-order valence-corrected chi connectivity index (χ4v) is 8.15. The molecule has 2 nitrogen and oxygen atoms in total. The van der Waals surface area contributed by atoms with Crippen molar-refractivity contribution in [2.45, 2.75) is 309 Å². The number of hydrogen-bond acceptors (Lipinski definition) is 1. The van der Waals surface area contributed by atoms with E-state index in [1.807, 2.05) is 0 Å². The zero-order chi connectivity index (χ0) is 36.8. The summed E-state index contributed by atoms with van der Waals surface area (Å²) in [5.41, 5.74) is 5.19. The van der Waals surface area contributed by atoms with Gasteiger partial charge in [0.1, 0.15) is 0 Å². The highest BCUT2D eigenvalue weighted by Crippen LogP contribution is 2.18. The Labute approximate surface area is 324 Å². The van der Waals surface area contributed by atoms with Gasteiger partial charge in [-0.2, -0.15) is 0 Å². The molecule has 1 amide bonds. The monoisotopic (exact) mass is 718 g/mol. The van der Waals surface area contributed by atoms with E-state index in [9.17, 15) is 4.79 Å². The topological polar surface area (TPSA) is 43.1 Å². The van der Waals surface area contributed by atoms with Crippen LogP contribution < -0.4 is 5.73 Å². The minimum absolute atomic E-state index is 0.146. The van der Waals surface area contributed by atoms with Crippen LogP contribution in [0.3, 0.4) is 0 Å². The van der Waals surface area contributed by atoms with Crippen LogP contribution in [0, 0.1) is 0 Å². The van der Waals surface area contributed by atoms with Gasteiger partial charge in [0.25, 0.3) is 0 Å². The molecule has 2 N–H and O–H groups in total. The van der Waals surface area contributed by atoms with Crippen molar-refractivity contribution in [1.29, 1.82) is 0 Å². The van der Waals surface area contributed by atoms with Gasteiger partial charge in [-0.3, -0.25) is 4.79 Å². The van der Waals surface area contributed by atoms with Gasteiger partial charge in [-0.05, 0) is 6.42 Å². The van der Waals surface area contributed by atoms with Crippen molar-refractivity contribution < 1.29 is 4.79 Å². The van der Waals surface area contributed by atoms with Gasteiger partial charge in [-0.25, -0.2) is 0 Å². The van der Waals surface area contributed by atoms with Crippen LogP contribution in [-0.4, -0.2) is 5.91 Å². The van der Waals surface area contributed by atoms with Crippen molar-refractivity contribution in [3.05, 3.63) is 0 Å². The van der Waals surface area contributed by atoms with Crippen LogP contribution in [0.1, 0.15) is 309 Å². The predicted molar refractivity (Wildman–Crippen MR) is 232 cm³/mol. The van der Waals surface area contributed by atoms with Gasteiger partial charge in [-0.15, -0.1) is 0 Å². The van der Waals surface area contributed by atoms with Crippen LogP contribution in [0.25, 0.3) is 0 Å². The molecule has 0 heterocycles. The Balaban J connectivity index is 3.05. The molecule has 0 radical (unpaired) electrons. The lowest BCUT2D eigenvalue weighted by atomic mass is 10.0. The SMILES string of the molecule is CCCCCCCCCCCCCCCCCCCCCCCCCCCCCCCCCCCCCCCCCCCCCCCCC(N)=O. The lowest BCUT2D eigenvalue weighted by Crippen LogP contribution is -2.09. The molecule has 0 saturated heterocycles. The zero-order valence-electron chi connectivity index (χ0n) is 35.7. The molecule has 0 spiro atoms. The number of rotatable bonds is 47. The van der Waals surface area contributed by atoms with Crippen molar-refractivity contribution in [2.24, 2.45) is 5.73 Å². The number of carbonyl (C=O) groups excluding carboxylic acids is 1. The smallest absolute Gasteiger partial charge is 0.217 e. The second-order valence-electron chi connectivity index (χ2n) is 17.1. The Kier molecular flexibility index (Phi) is 47.0. The average Bonchev–Trinajstić information content (AvgIpc) is 3.13. The Morgan fingerprint density at radius 1 is 0.235 bits per heavy atom. The van der Waals surface area contributed by atoms with Crippen molar-refractivity contribution in [3.8, 4) is 0 Å². The molecule has 0 unspecified atom stereocenters. The van der Waals surface area contributed by atoms with Crippen LogP contribution >= 0.6 is 0 Å². The van der Waals surface area contributed by atoms with E-state index >= 15 is 0 Å². The highest BCUT2D eigenvalue weighted by atomic mass is 16.1. The largest absolute Gasteiger partial charge is 0.370 e. The molecule has 0 saturated carbocycles. The van der Waals surface area contributed by atoms with E-state index in [2.05, 4.69) is 6.92 Å². The predicted octanol–water partition coefficient (Wildman–Crippen LogP) is 17.8. The molecule has 0 aromatic carbocycles. The van der Waals surface area contributed by atoms with Crippen molar-refractivity contribution in [3.63, 3.8) is 0 Å². The number of hydrogen-bond donors (Lipinski definition) is 1. The van der Waals surface area contributed by atoms with E-state index in [1.54, 1.807) is 0 Å².